The van der Waals surface area contributed by atoms with Crippen LogP contribution in [0, 0.1) is 17.0 Å². The number of benzene rings is 1. The summed E-state index contributed by atoms with van der Waals surface area (Å²) >= 11 is 0. The molecule has 0 aliphatic heterocycles. The third-order valence-corrected chi connectivity index (χ3v) is 4.57. The number of carbonyl (C=O) groups excluding carboxylic acids is 1. The average molecular weight is 337 g/mol. The van der Waals surface area contributed by atoms with Crippen LogP contribution >= 0.6 is 0 Å². The van der Waals surface area contributed by atoms with Gasteiger partial charge < -0.3 is 4.57 Å². The topological polar surface area (TPSA) is 111 Å². The first-order valence-corrected chi connectivity index (χ1v) is 8.25. The Kier molecular flexibility index (Phi) is 4.50. The molecule has 1 aromatic carbocycles. The summed E-state index contributed by atoms with van der Waals surface area (Å²) in [6, 6.07) is 8.35. The maximum atomic E-state index is 12.0. The molecule has 0 saturated carbocycles. The lowest BCUT2D eigenvalue weighted by molar-refractivity contribution is -0.384. The van der Waals surface area contributed by atoms with Crippen molar-refractivity contribution in [2.45, 2.75) is 12.7 Å². The summed E-state index contributed by atoms with van der Waals surface area (Å²) in [5, 5.41) is 10.6. The fourth-order valence-electron chi connectivity index (χ4n) is 2.00. The number of nitro groups is 1. The number of carbonyl (C=O) groups is 1. The van der Waals surface area contributed by atoms with E-state index < -0.39 is 26.6 Å². The fraction of sp³-hybridized carbons (Fsp3) is 0.214. The summed E-state index contributed by atoms with van der Waals surface area (Å²) in [4.78, 5) is 22.0. The molecule has 0 fully saturated rings. The van der Waals surface area contributed by atoms with Crippen LogP contribution in [0.25, 0.3) is 0 Å². The molecule has 8 nitrogen and oxygen atoms in total. The van der Waals surface area contributed by atoms with Gasteiger partial charge in [-0.3, -0.25) is 14.9 Å². The van der Waals surface area contributed by atoms with Gasteiger partial charge in [0.25, 0.3) is 11.6 Å². The second kappa shape index (κ2) is 6.21. The Morgan fingerprint density at radius 2 is 1.83 bits per heavy atom. The molecule has 0 saturated heterocycles. The maximum absolute atomic E-state index is 12.0. The van der Waals surface area contributed by atoms with Gasteiger partial charge in [0, 0.05) is 24.9 Å². The molecular formula is C14H15N3O5S. The number of amides is 1. The van der Waals surface area contributed by atoms with Gasteiger partial charge in [-0.25, -0.2) is 13.1 Å². The Balaban J connectivity index is 2.11. The lowest BCUT2D eigenvalue weighted by Crippen LogP contribution is -2.32. The fourth-order valence-corrected chi connectivity index (χ4v) is 3.09. The van der Waals surface area contributed by atoms with Gasteiger partial charge in [0.05, 0.1) is 10.7 Å². The smallest absolute Gasteiger partial charge is 0.281 e. The molecule has 0 bridgehead atoms. The summed E-state index contributed by atoms with van der Waals surface area (Å²) in [5.74, 6) is -1.16. The Morgan fingerprint density at radius 3 is 2.30 bits per heavy atom. The van der Waals surface area contributed by atoms with Crippen molar-refractivity contribution in [1.82, 2.24) is 9.29 Å². The first kappa shape index (κ1) is 16.7. The molecule has 0 aliphatic rings. The number of hydrogen-bond acceptors (Lipinski definition) is 5. The van der Waals surface area contributed by atoms with E-state index in [0.717, 1.165) is 5.69 Å². The molecule has 0 aliphatic carbocycles. The number of aromatic nitrogens is 1. The molecule has 0 atom stereocenters. The lowest BCUT2D eigenvalue weighted by atomic mass is 10.2. The average Bonchev–Trinajstić information content (AvgIpc) is 2.78. The molecule has 1 N–H and O–H groups in total. The van der Waals surface area contributed by atoms with Gasteiger partial charge in [0.2, 0.25) is 10.0 Å². The minimum atomic E-state index is -3.91. The lowest BCUT2D eigenvalue weighted by Gasteiger charge is -2.08. The number of nitrogens with one attached hydrogen (secondary N) is 1. The van der Waals surface area contributed by atoms with Crippen molar-refractivity contribution < 1.29 is 18.1 Å². The van der Waals surface area contributed by atoms with Crippen LogP contribution < -0.4 is 4.72 Å². The van der Waals surface area contributed by atoms with Crippen molar-refractivity contribution >= 4 is 21.6 Å². The van der Waals surface area contributed by atoms with Gasteiger partial charge >= 0.3 is 0 Å². The summed E-state index contributed by atoms with van der Waals surface area (Å²) in [6.45, 7) is 1.79. The first-order chi connectivity index (χ1) is 10.7. The van der Waals surface area contributed by atoms with Crippen LogP contribution in [0.4, 0.5) is 5.69 Å². The van der Waals surface area contributed by atoms with E-state index in [9.17, 15) is 23.3 Å². The molecule has 0 unspecified atom stereocenters. The molecule has 0 spiro atoms. The molecule has 23 heavy (non-hydrogen) atoms. The Morgan fingerprint density at radius 1 is 1.22 bits per heavy atom. The second-order valence-electron chi connectivity index (χ2n) is 5.03. The quantitative estimate of drug-likeness (QED) is 0.656. The summed E-state index contributed by atoms with van der Waals surface area (Å²) < 4.78 is 27.7. The number of rotatable bonds is 5. The highest BCUT2D eigenvalue weighted by Gasteiger charge is 2.19. The van der Waals surface area contributed by atoms with E-state index in [0.29, 0.717) is 5.56 Å². The van der Waals surface area contributed by atoms with Crippen LogP contribution in [-0.2, 0) is 22.8 Å². The molecule has 122 valence electrons. The molecule has 2 aromatic rings. The molecule has 1 heterocycles. The van der Waals surface area contributed by atoms with Crippen LogP contribution in [0.2, 0.25) is 0 Å². The van der Waals surface area contributed by atoms with E-state index >= 15 is 0 Å². The third kappa shape index (κ3) is 3.95. The number of non-ortho nitro benzene ring substituents is 1. The second-order valence-corrected chi connectivity index (χ2v) is 6.76. The van der Waals surface area contributed by atoms with Gasteiger partial charge in [-0.05, 0) is 24.6 Å². The number of aryl methyl sites for hydroxylation is 1. The zero-order valence-electron chi connectivity index (χ0n) is 12.5. The van der Waals surface area contributed by atoms with Crippen LogP contribution in [0.1, 0.15) is 21.7 Å². The SMILES string of the molecule is Cc1ccc(C(=O)NS(=O)(=O)Cc2ccc([N+](=O)[O-])cc2)n1C. The predicted octanol–water partition coefficient (Wildman–Crippen LogP) is 1.50. The van der Waals surface area contributed by atoms with Gasteiger partial charge in [-0.2, -0.15) is 0 Å². The monoisotopic (exact) mass is 337 g/mol. The van der Waals surface area contributed by atoms with Gasteiger partial charge in [-0.15, -0.1) is 0 Å². The number of hydrogen-bond donors (Lipinski definition) is 1. The minimum Gasteiger partial charge on any atom is -0.344 e. The van der Waals surface area contributed by atoms with Gasteiger partial charge in [0.1, 0.15) is 5.69 Å². The van der Waals surface area contributed by atoms with Crippen LogP contribution in [0.5, 0.6) is 0 Å². The highest BCUT2D eigenvalue weighted by atomic mass is 32.2. The van der Waals surface area contributed by atoms with E-state index in [1.807, 2.05) is 4.72 Å². The van der Waals surface area contributed by atoms with E-state index in [-0.39, 0.29) is 11.4 Å². The zero-order valence-corrected chi connectivity index (χ0v) is 13.3. The molecular weight excluding hydrogens is 322 g/mol. The highest BCUT2D eigenvalue weighted by molar-refractivity contribution is 7.89. The summed E-state index contributed by atoms with van der Waals surface area (Å²) in [7, 11) is -2.25. The number of nitrogens with zero attached hydrogens (tertiary/aromatic N) is 2. The first-order valence-electron chi connectivity index (χ1n) is 6.60. The van der Waals surface area contributed by atoms with E-state index in [1.165, 1.54) is 30.3 Å². The zero-order chi connectivity index (χ0) is 17.2. The summed E-state index contributed by atoms with van der Waals surface area (Å²) in [5.41, 5.74) is 1.27. The molecule has 2 rings (SSSR count). The number of sulfonamides is 1. The van der Waals surface area contributed by atoms with E-state index in [4.69, 9.17) is 0 Å². The highest BCUT2D eigenvalue weighted by Crippen LogP contribution is 2.14. The molecule has 9 heteroatoms. The molecule has 1 amide bonds. The van der Waals surface area contributed by atoms with Crippen LogP contribution in [0.3, 0.4) is 0 Å². The van der Waals surface area contributed by atoms with Gasteiger partial charge in [-0.1, -0.05) is 12.1 Å². The molecule has 0 radical (unpaired) electrons. The Labute approximate surface area is 132 Å². The molecule has 1 aromatic heterocycles. The Hall–Kier alpha value is -2.68. The van der Waals surface area contributed by atoms with Crippen LogP contribution in [-0.4, -0.2) is 23.8 Å². The van der Waals surface area contributed by atoms with Crippen molar-refractivity contribution in [3.63, 3.8) is 0 Å². The van der Waals surface area contributed by atoms with Crippen molar-refractivity contribution in [3.05, 3.63) is 63.5 Å². The summed E-state index contributed by atoms with van der Waals surface area (Å²) in [6.07, 6.45) is 0. The normalized spacial score (nSPS) is 11.2. The standard InChI is InChI=1S/C14H15N3O5S/c1-10-3-8-13(16(10)2)14(18)15-23(21,22)9-11-4-6-12(7-5-11)17(19)20/h3-8H,9H2,1-2H3,(H,15,18). The van der Waals surface area contributed by atoms with Crippen molar-refractivity contribution in [1.29, 1.82) is 0 Å². The largest absolute Gasteiger partial charge is 0.344 e. The number of nitro benzene ring substituents is 1. The van der Waals surface area contributed by atoms with Crippen molar-refractivity contribution in [2.75, 3.05) is 0 Å². The van der Waals surface area contributed by atoms with Gasteiger partial charge in [0.15, 0.2) is 0 Å². The minimum absolute atomic E-state index is 0.130. The van der Waals surface area contributed by atoms with E-state index in [1.54, 1.807) is 24.6 Å². The predicted molar refractivity (Wildman–Crippen MR) is 83.3 cm³/mol. The maximum Gasteiger partial charge on any atom is 0.281 e. The van der Waals surface area contributed by atoms with Crippen molar-refractivity contribution in [2.24, 2.45) is 7.05 Å². The van der Waals surface area contributed by atoms with Crippen molar-refractivity contribution in [3.8, 4) is 0 Å². The Bertz CT molecular complexity index is 853. The van der Waals surface area contributed by atoms with E-state index in [2.05, 4.69) is 0 Å². The van der Waals surface area contributed by atoms with Crippen LogP contribution in [0.15, 0.2) is 36.4 Å². The third-order valence-electron chi connectivity index (χ3n) is 3.36.